The molecule has 0 radical (unpaired) electrons. The summed E-state index contributed by atoms with van der Waals surface area (Å²) >= 11 is 0. The Labute approximate surface area is 203 Å². The molecule has 5 nitrogen and oxygen atoms in total. The Hall–Kier alpha value is -3.21. The quantitative estimate of drug-likeness (QED) is 0.257. The van der Waals surface area contributed by atoms with Crippen molar-refractivity contribution in [2.45, 2.75) is 67.2 Å². The van der Waals surface area contributed by atoms with Crippen molar-refractivity contribution in [2.24, 2.45) is 0 Å². The van der Waals surface area contributed by atoms with Crippen molar-refractivity contribution >= 4 is 11.0 Å². The molecule has 1 N–H and O–H groups in total. The van der Waals surface area contributed by atoms with Crippen molar-refractivity contribution in [3.05, 3.63) is 75.2 Å². The zero-order valence-electron chi connectivity index (χ0n) is 21.4. The third-order valence-corrected chi connectivity index (χ3v) is 5.34. The van der Waals surface area contributed by atoms with Crippen molar-refractivity contribution in [2.75, 3.05) is 13.2 Å². The highest BCUT2D eigenvalue weighted by atomic mass is 16.5. The molecule has 0 saturated carbocycles. The molecule has 2 rings (SSSR count). The fourth-order valence-corrected chi connectivity index (χ4v) is 3.29. The SMILES string of the molecule is CC(C)=CCCC(C)=CCOc1ccc2c(O)c(OCC=C(C)CCC=C(C)C)c(=O)oc2c1. The molecule has 0 atom stereocenters. The van der Waals surface area contributed by atoms with Crippen LogP contribution in [-0.2, 0) is 0 Å². The molecule has 0 spiro atoms. The first-order valence-electron chi connectivity index (χ1n) is 11.8. The van der Waals surface area contributed by atoms with Crippen LogP contribution >= 0.6 is 0 Å². The third-order valence-electron chi connectivity index (χ3n) is 5.34. The molecule has 1 aromatic heterocycles. The zero-order valence-corrected chi connectivity index (χ0v) is 21.4. The van der Waals surface area contributed by atoms with Gasteiger partial charge in [-0.2, -0.15) is 0 Å². The summed E-state index contributed by atoms with van der Waals surface area (Å²) in [5.74, 6) is 0.167. The molecular weight excluding hydrogens is 428 g/mol. The normalized spacial score (nSPS) is 11.9. The Balaban J connectivity index is 2.02. The van der Waals surface area contributed by atoms with Gasteiger partial charge in [0.25, 0.3) is 0 Å². The Morgan fingerprint density at radius 2 is 1.41 bits per heavy atom. The van der Waals surface area contributed by atoms with E-state index in [4.69, 9.17) is 13.9 Å². The standard InChI is InChI=1S/C29H38O5/c1-20(2)9-7-11-22(5)15-17-32-24-13-14-25-26(19-24)34-29(31)28(27(25)30)33-18-16-23(6)12-8-10-21(3)4/h9-10,13-16,19,30H,7-8,11-12,17-18H2,1-6H3. The molecule has 2 aromatic rings. The minimum absolute atomic E-state index is 0.176. The largest absolute Gasteiger partial charge is 0.504 e. The highest BCUT2D eigenvalue weighted by Gasteiger charge is 2.15. The fraction of sp³-hybridized carbons (Fsp3) is 0.414. The van der Waals surface area contributed by atoms with E-state index in [0.717, 1.165) is 31.3 Å². The molecule has 0 aliphatic heterocycles. The molecule has 0 unspecified atom stereocenters. The van der Waals surface area contributed by atoms with Crippen molar-refractivity contribution < 1.29 is 19.0 Å². The smallest absolute Gasteiger partial charge is 0.383 e. The lowest BCUT2D eigenvalue weighted by Crippen LogP contribution is -2.08. The highest BCUT2D eigenvalue weighted by Crippen LogP contribution is 2.33. The summed E-state index contributed by atoms with van der Waals surface area (Å²) in [4.78, 5) is 12.4. The van der Waals surface area contributed by atoms with Crippen molar-refractivity contribution in [3.63, 3.8) is 0 Å². The van der Waals surface area contributed by atoms with Gasteiger partial charge in [-0.3, -0.25) is 0 Å². The summed E-state index contributed by atoms with van der Waals surface area (Å²) in [6.45, 7) is 13.1. The number of hydrogen-bond donors (Lipinski definition) is 1. The van der Waals surface area contributed by atoms with Crippen LogP contribution in [0.5, 0.6) is 17.2 Å². The Morgan fingerprint density at radius 3 is 1.97 bits per heavy atom. The molecule has 0 saturated heterocycles. The molecule has 184 valence electrons. The average Bonchev–Trinajstić information content (AvgIpc) is 2.75. The van der Waals surface area contributed by atoms with Gasteiger partial charge in [0.15, 0.2) is 5.75 Å². The van der Waals surface area contributed by atoms with Crippen molar-refractivity contribution in [3.8, 4) is 17.2 Å². The average molecular weight is 467 g/mol. The number of benzene rings is 1. The van der Waals surface area contributed by atoms with Crippen LogP contribution in [0.25, 0.3) is 11.0 Å². The number of fused-ring (bicyclic) bond motifs is 1. The van der Waals surface area contributed by atoms with Gasteiger partial charge in [0.2, 0.25) is 5.75 Å². The van der Waals surface area contributed by atoms with E-state index in [2.05, 4.69) is 46.8 Å². The number of aromatic hydroxyl groups is 1. The zero-order chi connectivity index (χ0) is 25.1. The predicted molar refractivity (Wildman–Crippen MR) is 140 cm³/mol. The lowest BCUT2D eigenvalue weighted by atomic mass is 10.1. The monoisotopic (exact) mass is 466 g/mol. The molecule has 0 amide bonds. The molecule has 0 bridgehead atoms. The maximum Gasteiger partial charge on any atom is 0.383 e. The maximum atomic E-state index is 12.4. The van der Waals surface area contributed by atoms with Crippen LogP contribution in [0.2, 0.25) is 0 Å². The molecule has 34 heavy (non-hydrogen) atoms. The molecule has 1 heterocycles. The first kappa shape index (κ1) is 27.0. The van der Waals surface area contributed by atoms with E-state index in [0.29, 0.717) is 17.7 Å². The Morgan fingerprint density at radius 1 is 0.853 bits per heavy atom. The van der Waals surface area contributed by atoms with Crippen molar-refractivity contribution in [1.29, 1.82) is 0 Å². The van der Waals surface area contributed by atoms with Crippen molar-refractivity contribution in [1.82, 2.24) is 0 Å². The second kappa shape index (κ2) is 13.5. The van der Waals surface area contributed by atoms with Gasteiger partial charge in [0.05, 0.1) is 5.39 Å². The van der Waals surface area contributed by atoms with E-state index in [1.807, 2.05) is 19.1 Å². The van der Waals surface area contributed by atoms with Crippen LogP contribution in [0.15, 0.2) is 74.0 Å². The van der Waals surface area contributed by atoms with E-state index in [-0.39, 0.29) is 23.7 Å². The first-order chi connectivity index (χ1) is 16.2. The maximum absolute atomic E-state index is 12.4. The van der Waals surface area contributed by atoms with Gasteiger partial charge in [-0.25, -0.2) is 4.79 Å². The van der Waals surface area contributed by atoms with Gasteiger partial charge in [-0.05, 0) is 91.5 Å². The highest BCUT2D eigenvalue weighted by molar-refractivity contribution is 5.86. The van der Waals surface area contributed by atoms with Gasteiger partial charge >= 0.3 is 5.63 Å². The molecule has 1 aromatic carbocycles. The van der Waals surface area contributed by atoms with Crippen LogP contribution in [-0.4, -0.2) is 18.3 Å². The summed E-state index contributed by atoms with van der Waals surface area (Å²) in [5.41, 5.74) is 4.56. The van der Waals surface area contributed by atoms with Crippen LogP contribution in [0, 0.1) is 0 Å². The van der Waals surface area contributed by atoms with Gasteiger partial charge in [-0.1, -0.05) is 34.4 Å². The third kappa shape index (κ3) is 8.97. The number of allylic oxidation sites excluding steroid dienone is 6. The van der Waals surface area contributed by atoms with E-state index >= 15 is 0 Å². The van der Waals surface area contributed by atoms with Crippen LogP contribution < -0.4 is 15.1 Å². The molecule has 0 aliphatic rings. The van der Waals surface area contributed by atoms with E-state index < -0.39 is 5.63 Å². The van der Waals surface area contributed by atoms with Crippen LogP contribution in [0.1, 0.15) is 67.2 Å². The fourth-order valence-electron chi connectivity index (χ4n) is 3.29. The van der Waals surface area contributed by atoms with Gasteiger partial charge < -0.3 is 19.0 Å². The number of hydrogen-bond acceptors (Lipinski definition) is 5. The Kier molecular flexibility index (Phi) is 10.7. The first-order valence-corrected chi connectivity index (χ1v) is 11.8. The van der Waals surface area contributed by atoms with E-state index in [1.54, 1.807) is 18.2 Å². The Bertz CT molecular complexity index is 1140. The van der Waals surface area contributed by atoms with Gasteiger partial charge in [0, 0.05) is 6.07 Å². The lowest BCUT2D eigenvalue weighted by molar-refractivity contribution is 0.316. The molecule has 0 fully saturated rings. The topological polar surface area (TPSA) is 68.9 Å². The lowest BCUT2D eigenvalue weighted by Gasteiger charge is -2.09. The summed E-state index contributed by atoms with van der Waals surface area (Å²) in [6.07, 6.45) is 12.2. The second-order valence-corrected chi connectivity index (χ2v) is 9.09. The molecule has 5 heteroatoms. The number of rotatable bonds is 12. The van der Waals surface area contributed by atoms with Gasteiger partial charge in [0.1, 0.15) is 24.5 Å². The second-order valence-electron chi connectivity index (χ2n) is 9.09. The van der Waals surface area contributed by atoms with E-state index in [9.17, 15) is 9.90 Å². The van der Waals surface area contributed by atoms with E-state index in [1.165, 1.54) is 16.7 Å². The summed E-state index contributed by atoms with van der Waals surface area (Å²) in [5, 5.41) is 11.0. The van der Waals surface area contributed by atoms with Gasteiger partial charge in [-0.15, -0.1) is 0 Å². The molecular formula is C29H38O5. The van der Waals surface area contributed by atoms with Crippen LogP contribution in [0.3, 0.4) is 0 Å². The summed E-state index contributed by atoms with van der Waals surface area (Å²) in [6, 6.07) is 5.02. The summed E-state index contributed by atoms with van der Waals surface area (Å²) < 4.78 is 16.7. The number of ether oxygens (including phenoxy) is 2. The van der Waals surface area contributed by atoms with Crippen LogP contribution in [0.4, 0.5) is 0 Å². The predicted octanol–water partition coefficient (Wildman–Crippen LogP) is 7.64. The molecule has 0 aliphatic carbocycles. The summed E-state index contributed by atoms with van der Waals surface area (Å²) in [7, 11) is 0. The minimum Gasteiger partial charge on any atom is -0.504 e. The minimum atomic E-state index is -0.715.